The molecule has 2 aromatic heterocycles. The van der Waals surface area contributed by atoms with Gasteiger partial charge in [-0.2, -0.15) is 0 Å². The van der Waals surface area contributed by atoms with E-state index in [0.717, 1.165) is 12.1 Å². The number of pyridine rings is 1. The molecule has 0 bridgehead atoms. The van der Waals surface area contributed by atoms with Crippen LogP contribution in [0.15, 0.2) is 18.6 Å². The molecule has 1 aliphatic heterocycles. The molecule has 3 N–H and O–H groups in total. The Morgan fingerprint density at radius 1 is 1.23 bits per heavy atom. The van der Waals surface area contributed by atoms with Gasteiger partial charge in [-0.05, 0) is 42.2 Å². The third kappa shape index (κ3) is 5.72. The second-order valence-electron chi connectivity index (χ2n) is 8.39. The number of aromatic nitrogens is 3. The Labute approximate surface area is 188 Å². The number of hydrogen-bond donors (Lipinski definition) is 3. The summed E-state index contributed by atoms with van der Waals surface area (Å²) in [5.41, 5.74) is 3.70. The van der Waals surface area contributed by atoms with E-state index in [1.807, 2.05) is 6.20 Å². The van der Waals surface area contributed by atoms with Crippen LogP contribution in [-0.2, 0) is 11.3 Å². The lowest BCUT2D eigenvalue weighted by Gasteiger charge is -2.28. The highest BCUT2D eigenvalue weighted by Gasteiger charge is 2.24. The van der Waals surface area contributed by atoms with Gasteiger partial charge in [0.15, 0.2) is 0 Å². The van der Waals surface area contributed by atoms with E-state index in [2.05, 4.69) is 51.3 Å². The molecule has 2 aliphatic rings. The standard InChI is InChI=1S/C23H28ClN5O2/c1-14(2)22-15(9-25-10-16(22)11-26-17-4-5-17)3-6-19-18(24)12-27-23(28-19)29-20-7-8-31-13-21(20)30/h9-10,12,14,17,20-21,26,30H,4-5,7-8,11,13H2,1-2H3,(H,27,28,29)/t20-,21-/m1/s1. The fourth-order valence-corrected chi connectivity index (χ4v) is 3.82. The van der Waals surface area contributed by atoms with Crippen molar-refractivity contribution in [2.45, 2.75) is 63.8 Å². The third-order valence-electron chi connectivity index (χ3n) is 5.51. The number of nitrogens with one attached hydrogen (secondary N) is 2. The maximum atomic E-state index is 10.1. The van der Waals surface area contributed by atoms with Gasteiger partial charge in [-0.25, -0.2) is 9.97 Å². The number of aliphatic hydroxyl groups is 1. The van der Waals surface area contributed by atoms with Crippen molar-refractivity contribution in [1.82, 2.24) is 20.3 Å². The number of halogens is 1. The normalized spacial score (nSPS) is 20.9. The molecule has 0 amide bonds. The zero-order valence-electron chi connectivity index (χ0n) is 17.9. The Balaban J connectivity index is 1.57. The lowest BCUT2D eigenvalue weighted by molar-refractivity contribution is -0.0136. The fourth-order valence-electron chi connectivity index (χ4n) is 3.69. The van der Waals surface area contributed by atoms with Gasteiger partial charge in [-0.15, -0.1) is 0 Å². The molecule has 8 heteroatoms. The summed E-state index contributed by atoms with van der Waals surface area (Å²) >= 11 is 6.31. The predicted molar refractivity (Wildman–Crippen MR) is 120 cm³/mol. The van der Waals surface area contributed by atoms with Gasteiger partial charge < -0.3 is 20.5 Å². The van der Waals surface area contributed by atoms with Gasteiger partial charge in [-0.1, -0.05) is 31.4 Å². The minimum atomic E-state index is -0.603. The fraction of sp³-hybridized carbons (Fsp3) is 0.522. The first-order valence-electron chi connectivity index (χ1n) is 10.8. The molecule has 0 spiro atoms. The zero-order chi connectivity index (χ0) is 21.8. The van der Waals surface area contributed by atoms with Crippen molar-refractivity contribution in [3.05, 3.63) is 46.0 Å². The summed E-state index contributed by atoms with van der Waals surface area (Å²) in [4.78, 5) is 13.1. The van der Waals surface area contributed by atoms with Crippen LogP contribution >= 0.6 is 11.6 Å². The largest absolute Gasteiger partial charge is 0.389 e. The maximum absolute atomic E-state index is 10.1. The van der Waals surface area contributed by atoms with Crippen molar-refractivity contribution in [1.29, 1.82) is 0 Å². The van der Waals surface area contributed by atoms with E-state index in [1.54, 1.807) is 6.20 Å². The Hall–Kier alpha value is -2.24. The number of rotatable bonds is 6. The molecule has 2 aromatic rings. The van der Waals surface area contributed by atoms with Crippen molar-refractivity contribution >= 4 is 17.5 Å². The van der Waals surface area contributed by atoms with Gasteiger partial charge in [0, 0.05) is 37.2 Å². The van der Waals surface area contributed by atoms with Crippen LogP contribution < -0.4 is 10.6 Å². The van der Waals surface area contributed by atoms with Gasteiger partial charge in [0.25, 0.3) is 0 Å². The summed E-state index contributed by atoms with van der Waals surface area (Å²) < 4.78 is 5.27. The van der Waals surface area contributed by atoms with Gasteiger partial charge in [0.2, 0.25) is 5.95 Å². The molecule has 7 nitrogen and oxygen atoms in total. The van der Waals surface area contributed by atoms with Crippen molar-refractivity contribution in [2.75, 3.05) is 18.5 Å². The van der Waals surface area contributed by atoms with Crippen molar-refractivity contribution in [3.8, 4) is 11.8 Å². The number of anilines is 1. The molecule has 0 unspecified atom stereocenters. The van der Waals surface area contributed by atoms with Crippen LogP contribution in [0.4, 0.5) is 5.95 Å². The average molecular weight is 442 g/mol. The molecule has 1 aliphatic carbocycles. The van der Waals surface area contributed by atoms with Gasteiger partial charge in [0.05, 0.1) is 30.0 Å². The topological polar surface area (TPSA) is 92.2 Å². The van der Waals surface area contributed by atoms with Crippen molar-refractivity contribution < 1.29 is 9.84 Å². The lowest BCUT2D eigenvalue weighted by atomic mass is 9.94. The number of nitrogens with zero attached hydrogens (tertiary/aromatic N) is 3. The van der Waals surface area contributed by atoms with E-state index in [0.29, 0.717) is 48.3 Å². The number of ether oxygens (including phenoxy) is 1. The monoisotopic (exact) mass is 441 g/mol. The second-order valence-corrected chi connectivity index (χ2v) is 8.80. The summed E-state index contributed by atoms with van der Waals surface area (Å²) in [6, 6.07) is 0.470. The lowest BCUT2D eigenvalue weighted by Crippen LogP contribution is -2.42. The van der Waals surface area contributed by atoms with E-state index in [9.17, 15) is 5.11 Å². The predicted octanol–water partition coefficient (Wildman–Crippen LogP) is 2.86. The molecular formula is C23H28ClN5O2. The first kappa shape index (κ1) is 22.0. The summed E-state index contributed by atoms with van der Waals surface area (Å²) in [7, 11) is 0. The van der Waals surface area contributed by atoms with E-state index >= 15 is 0 Å². The summed E-state index contributed by atoms with van der Waals surface area (Å²) in [6.07, 6.45) is 7.83. The van der Waals surface area contributed by atoms with Crippen molar-refractivity contribution in [2.24, 2.45) is 0 Å². The minimum Gasteiger partial charge on any atom is -0.389 e. The molecule has 2 atom stereocenters. The second kappa shape index (κ2) is 9.92. The molecule has 0 radical (unpaired) electrons. The molecule has 0 aromatic carbocycles. The zero-order valence-corrected chi connectivity index (χ0v) is 18.6. The van der Waals surface area contributed by atoms with E-state index in [4.69, 9.17) is 16.3 Å². The molecule has 164 valence electrons. The molecule has 3 heterocycles. The van der Waals surface area contributed by atoms with Crippen LogP contribution in [0.1, 0.15) is 61.4 Å². The highest BCUT2D eigenvalue weighted by atomic mass is 35.5. The highest BCUT2D eigenvalue weighted by Crippen LogP contribution is 2.25. The maximum Gasteiger partial charge on any atom is 0.224 e. The Morgan fingerprint density at radius 2 is 2.06 bits per heavy atom. The van der Waals surface area contributed by atoms with Gasteiger partial charge in [-0.3, -0.25) is 4.98 Å². The summed E-state index contributed by atoms with van der Waals surface area (Å²) in [5.74, 6) is 7.03. The Bertz CT molecular complexity index is 984. The minimum absolute atomic E-state index is 0.164. The van der Waals surface area contributed by atoms with E-state index < -0.39 is 6.10 Å². The summed E-state index contributed by atoms with van der Waals surface area (Å²) in [6.45, 7) is 6.03. The van der Waals surface area contributed by atoms with Crippen LogP contribution in [0.3, 0.4) is 0 Å². The van der Waals surface area contributed by atoms with E-state index in [-0.39, 0.29) is 6.04 Å². The van der Waals surface area contributed by atoms with Crippen LogP contribution in [0.2, 0.25) is 5.02 Å². The first-order chi connectivity index (χ1) is 15.0. The van der Waals surface area contributed by atoms with Crippen LogP contribution in [-0.4, -0.2) is 51.5 Å². The third-order valence-corrected chi connectivity index (χ3v) is 5.78. The quantitative estimate of drug-likeness (QED) is 0.593. The molecule has 2 fully saturated rings. The highest BCUT2D eigenvalue weighted by molar-refractivity contribution is 6.31. The van der Waals surface area contributed by atoms with Gasteiger partial charge >= 0.3 is 0 Å². The molecular weight excluding hydrogens is 414 g/mol. The average Bonchev–Trinajstić information content (AvgIpc) is 3.58. The van der Waals surface area contributed by atoms with E-state index in [1.165, 1.54) is 30.2 Å². The Morgan fingerprint density at radius 3 is 2.81 bits per heavy atom. The smallest absolute Gasteiger partial charge is 0.224 e. The number of aliphatic hydroxyl groups excluding tert-OH is 1. The Kier molecular flexibility index (Phi) is 7.03. The van der Waals surface area contributed by atoms with Crippen LogP contribution in [0.5, 0.6) is 0 Å². The van der Waals surface area contributed by atoms with Crippen LogP contribution in [0.25, 0.3) is 0 Å². The molecule has 1 saturated heterocycles. The van der Waals surface area contributed by atoms with Gasteiger partial charge in [0.1, 0.15) is 5.69 Å². The SMILES string of the molecule is CC(C)c1c(C#Cc2nc(N[C@@H]3CCOC[C@H]3O)ncc2Cl)cncc1CNC1CC1. The van der Waals surface area contributed by atoms with Crippen LogP contribution in [0, 0.1) is 11.8 Å². The molecule has 4 rings (SSSR count). The first-order valence-corrected chi connectivity index (χ1v) is 11.2. The summed E-state index contributed by atoms with van der Waals surface area (Å²) in [5, 5.41) is 17.2. The molecule has 31 heavy (non-hydrogen) atoms. The number of hydrogen-bond acceptors (Lipinski definition) is 7. The van der Waals surface area contributed by atoms with Crippen molar-refractivity contribution in [3.63, 3.8) is 0 Å². The molecule has 1 saturated carbocycles.